The average molecular weight is 201 g/mol. The maximum absolute atomic E-state index is 10.6. The fraction of sp³-hybridized carbons (Fsp3) is 0.143. The van der Waals surface area contributed by atoms with E-state index in [1.165, 1.54) is 0 Å². The molecule has 1 aromatic carbocycles. The Bertz CT molecular complexity index is 414. The van der Waals surface area contributed by atoms with E-state index >= 15 is 0 Å². The summed E-state index contributed by atoms with van der Waals surface area (Å²) < 4.78 is 23.4. The van der Waals surface area contributed by atoms with Crippen molar-refractivity contribution in [3.8, 4) is 0 Å². The van der Waals surface area contributed by atoms with Crippen LogP contribution < -0.4 is 15.6 Å². The average Bonchev–Trinajstić information content (AvgIpc) is 1.93. The molecular formula is C7H11N3O2S. The summed E-state index contributed by atoms with van der Waals surface area (Å²) in [6, 6.07) is 4.96. The molecule has 0 amide bonds. The Morgan fingerprint density at radius 1 is 1.38 bits per heavy atom. The van der Waals surface area contributed by atoms with E-state index in [1.54, 1.807) is 18.2 Å². The van der Waals surface area contributed by atoms with Gasteiger partial charge in [-0.1, -0.05) is 6.07 Å². The summed E-state index contributed by atoms with van der Waals surface area (Å²) in [5, 5.41) is 4.78. The first-order chi connectivity index (χ1) is 5.88. The lowest BCUT2D eigenvalue weighted by Gasteiger charge is -2.06. The molecule has 0 bridgehead atoms. The molecule has 5 N–H and O–H groups in total. The molecular weight excluding hydrogens is 190 g/mol. The second kappa shape index (κ2) is 3.23. The van der Waals surface area contributed by atoms with Crippen LogP contribution in [0.5, 0.6) is 0 Å². The first kappa shape index (κ1) is 9.82. The van der Waals surface area contributed by atoms with Gasteiger partial charge in [0.1, 0.15) is 0 Å². The van der Waals surface area contributed by atoms with Crippen molar-refractivity contribution in [2.45, 2.75) is 6.92 Å². The summed E-state index contributed by atoms with van der Waals surface area (Å²) >= 11 is 0. The Morgan fingerprint density at radius 3 is 2.46 bits per heavy atom. The molecule has 0 saturated carbocycles. The minimum atomic E-state index is -3.74. The van der Waals surface area contributed by atoms with Gasteiger partial charge in [-0.05, 0) is 24.6 Å². The molecule has 0 aliphatic heterocycles. The molecule has 0 spiro atoms. The zero-order chi connectivity index (χ0) is 10.1. The smallest absolute Gasteiger partial charge is 0.296 e. The highest BCUT2D eigenvalue weighted by atomic mass is 32.2. The maximum Gasteiger partial charge on any atom is 0.296 e. The van der Waals surface area contributed by atoms with Crippen LogP contribution in [0.1, 0.15) is 5.56 Å². The van der Waals surface area contributed by atoms with E-state index in [-0.39, 0.29) is 0 Å². The van der Waals surface area contributed by atoms with E-state index in [1.807, 2.05) is 6.92 Å². The summed E-state index contributed by atoms with van der Waals surface area (Å²) in [6.07, 6.45) is 0. The summed E-state index contributed by atoms with van der Waals surface area (Å²) in [7, 11) is -3.74. The number of benzene rings is 1. The van der Waals surface area contributed by atoms with Crippen molar-refractivity contribution in [2.24, 2.45) is 5.14 Å². The zero-order valence-corrected chi connectivity index (χ0v) is 7.93. The summed E-state index contributed by atoms with van der Waals surface area (Å²) in [5.74, 6) is 0. The zero-order valence-electron chi connectivity index (χ0n) is 7.11. The van der Waals surface area contributed by atoms with E-state index < -0.39 is 10.2 Å². The van der Waals surface area contributed by atoms with Crippen LogP contribution in [0.2, 0.25) is 0 Å². The van der Waals surface area contributed by atoms with Gasteiger partial charge in [0.05, 0.1) is 11.4 Å². The van der Waals surface area contributed by atoms with Crippen LogP contribution in [0.3, 0.4) is 0 Å². The van der Waals surface area contributed by atoms with Crippen LogP contribution in [0, 0.1) is 6.92 Å². The number of nitrogens with one attached hydrogen (secondary N) is 1. The number of hydrogen-bond donors (Lipinski definition) is 3. The van der Waals surface area contributed by atoms with Crippen LogP contribution in [-0.4, -0.2) is 8.42 Å². The van der Waals surface area contributed by atoms with Gasteiger partial charge in [-0.2, -0.15) is 8.42 Å². The van der Waals surface area contributed by atoms with Crippen molar-refractivity contribution in [3.63, 3.8) is 0 Å². The maximum atomic E-state index is 10.6. The number of rotatable bonds is 2. The van der Waals surface area contributed by atoms with Crippen LogP contribution in [0.25, 0.3) is 0 Å². The first-order valence-corrected chi connectivity index (χ1v) is 5.10. The lowest BCUT2D eigenvalue weighted by atomic mass is 10.2. The molecule has 5 nitrogen and oxygen atoms in total. The van der Waals surface area contributed by atoms with Gasteiger partial charge in [0.15, 0.2) is 0 Å². The van der Waals surface area contributed by atoms with Crippen LogP contribution in [-0.2, 0) is 10.2 Å². The highest BCUT2D eigenvalue weighted by Crippen LogP contribution is 2.19. The molecule has 0 aromatic heterocycles. The molecule has 1 rings (SSSR count). The normalized spacial score (nSPS) is 11.2. The Labute approximate surface area is 76.9 Å². The topological polar surface area (TPSA) is 98.2 Å². The SMILES string of the molecule is Cc1ccc(NS(N)(=O)=O)c(N)c1. The second-order valence-electron chi connectivity index (χ2n) is 2.74. The molecule has 72 valence electrons. The van der Waals surface area contributed by atoms with Crippen molar-refractivity contribution in [2.75, 3.05) is 10.5 Å². The third-order valence-corrected chi connectivity index (χ3v) is 1.96. The van der Waals surface area contributed by atoms with E-state index in [9.17, 15) is 8.42 Å². The minimum absolute atomic E-state index is 0.299. The molecule has 6 heteroatoms. The predicted molar refractivity (Wildman–Crippen MR) is 52.3 cm³/mol. The number of anilines is 2. The van der Waals surface area contributed by atoms with E-state index in [4.69, 9.17) is 10.9 Å². The van der Waals surface area contributed by atoms with Crippen LogP contribution in [0.4, 0.5) is 11.4 Å². The standard InChI is InChI=1S/C7H11N3O2S/c1-5-2-3-7(6(8)4-5)10-13(9,11)12/h2-4,10H,8H2,1H3,(H2,9,11,12). The fourth-order valence-electron chi connectivity index (χ4n) is 0.928. The molecule has 0 radical (unpaired) electrons. The van der Waals surface area contributed by atoms with Crippen LogP contribution in [0.15, 0.2) is 18.2 Å². The molecule has 1 aromatic rings. The highest BCUT2D eigenvalue weighted by Gasteiger charge is 2.04. The molecule has 0 aliphatic carbocycles. The molecule has 0 atom stereocenters. The molecule has 0 aliphatic rings. The first-order valence-electron chi connectivity index (χ1n) is 3.55. The largest absolute Gasteiger partial charge is 0.397 e. The highest BCUT2D eigenvalue weighted by molar-refractivity contribution is 7.90. The van der Waals surface area contributed by atoms with E-state index in [0.29, 0.717) is 11.4 Å². The summed E-state index contributed by atoms with van der Waals surface area (Å²) in [4.78, 5) is 0. The van der Waals surface area contributed by atoms with Crippen molar-refractivity contribution in [1.29, 1.82) is 0 Å². The molecule has 13 heavy (non-hydrogen) atoms. The van der Waals surface area contributed by atoms with Gasteiger partial charge in [0.2, 0.25) is 0 Å². The number of nitrogen functional groups attached to an aromatic ring is 1. The van der Waals surface area contributed by atoms with Gasteiger partial charge in [-0.3, -0.25) is 4.72 Å². The van der Waals surface area contributed by atoms with Crippen molar-refractivity contribution >= 4 is 21.6 Å². The van der Waals surface area contributed by atoms with Gasteiger partial charge < -0.3 is 5.73 Å². The van der Waals surface area contributed by atoms with E-state index in [0.717, 1.165) is 5.56 Å². The molecule has 0 heterocycles. The van der Waals surface area contributed by atoms with Crippen LogP contribution >= 0.6 is 0 Å². The third-order valence-electron chi connectivity index (χ3n) is 1.46. The lowest BCUT2D eigenvalue weighted by Crippen LogP contribution is -2.22. The monoisotopic (exact) mass is 201 g/mol. The summed E-state index contributed by atoms with van der Waals surface area (Å²) in [6.45, 7) is 1.86. The third kappa shape index (κ3) is 2.92. The number of hydrogen-bond acceptors (Lipinski definition) is 3. The van der Waals surface area contributed by atoms with Gasteiger partial charge in [-0.15, -0.1) is 0 Å². The van der Waals surface area contributed by atoms with Crippen molar-refractivity contribution in [1.82, 2.24) is 0 Å². The van der Waals surface area contributed by atoms with Gasteiger partial charge >= 0.3 is 0 Å². The number of nitrogens with two attached hydrogens (primary N) is 2. The molecule has 0 saturated heterocycles. The Morgan fingerprint density at radius 2 is 2.00 bits per heavy atom. The van der Waals surface area contributed by atoms with E-state index in [2.05, 4.69) is 4.72 Å². The Balaban J connectivity index is 3.04. The number of aryl methyl sites for hydroxylation is 1. The fourth-order valence-corrected chi connectivity index (χ4v) is 1.42. The van der Waals surface area contributed by atoms with Gasteiger partial charge in [0.25, 0.3) is 10.2 Å². The predicted octanol–water partition coefficient (Wildman–Crippen LogP) is 0.193. The van der Waals surface area contributed by atoms with Crippen molar-refractivity contribution in [3.05, 3.63) is 23.8 Å². The molecule has 0 fully saturated rings. The summed E-state index contributed by atoms with van der Waals surface area (Å²) in [5.41, 5.74) is 7.16. The van der Waals surface area contributed by atoms with Gasteiger partial charge in [0, 0.05) is 0 Å². The van der Waals surface area contributed by atoms with Crippen molar-refractivity contribution < 1.29 is 8.42 Å². The van der Waals surface area contributed by atoms with Gasteiger partial charge in [-0.25, -0.2) is 5.14 Å². The molecule has 0 unspecified atom stereocenters. The second-order valence-corrected chi connectivity index (χ2v) is 4.03. The lowest BCUT2D eigenvalue weighted by molar-refractivity contribution is 0.603. The Hall–Kier alpha value is -1.27. The quantitative estimate of drug-likeness (QED) is 0.596. The minimum Gasteiger partial charge on any atom is -0.397 e. The Kier molecular flexibility index (Phi) is 2.44.